The van der Waals surface area contributed by atoms with E-state index >= 15 is 0 Å². The van der Waals surface area contributed by atoms with Gasteiger partial charge in [0.15, 0.2) is 0 Å². The number of anilines is 1. The molecule has 1 atom stereocenters. The average molecular weight is 529 g/mol. The third-order valence-electron chi connectivity index (χ3n) is 5.43. The first-order valence-electron chi connectivity index (χ1n) is 11.0. The molecular weight excluding hydrogens is 497 g/mol. The molecule has 0 saturated heterocycles. The highest BCUT2D eigenvalue weighted by molar-refractivity contribution is 7.92. The van der Waals surface area contributed by atoms with Gasteiger partial charge in [-0.3, -0.25) is 13.9 Å². The van der Waals surface area contributed by atoms with Crippen LogP contribution < -0.4 is 9.62 Å². The molecular formula is C24H31Cl2N3O4S. The first kappa shape index (κ1) is 28.0. The molecule has 0 heterocycles. The summed E-state index contributed by atoms with van der Waals surface area (Å²) in [4.78, 5) is 27.8. The summed E-state index contributed by atoms with van der Waals surface area (Å²) in [7, 11) is -3.80. The number of amides is 2. The fourth-order valence-electron chi connectivity index (χ4n) is 3.75. The zero-order chi connectivity index (χ0) is 25.6. The first-order valence-corrected chi connectivity index (χ1v) is 13.6. The van der Waals surface area contributed by atoms with E-state index in [2.05, 4.69) is 5.32 Å². The lowest BCUT2D eigenvalue weighted by Crippen LogP contribution is -2.52. The van der Waals surface area contributed by atoms with Crippen LogP contribution in [0.25, 0.3) is 0 Å². The summed E-state index contributed by atoms with van der Waals surface area (Å²) < 4.78 is 26.5. The van der Waals surface area contributed by atoms with Crippen LogP contribution in [-0.4, -0.2) is 50.5 Å². The van der Waals surface area contributed by atoms with Crippen molar-refractivity contribution in [1.82, 2.24) is 10.2 Å². The van der Waals surface area contributed by atoms with E-state index in [1.807, 2.05) is 13.0 Å². The van der Waals surface area contributed by atoms with E-state index in [0.717, 1.165) is 21.7 Å². The monoisotopic (exact) mass is 527 g/mol. The summed E-state index contributed by atoms with van der Waals surface area (Å²) >= 11 is 12.7. The standard InChI is InChI=1S/C24H31Cl2N3O4S/c1-6-21(24(31)27-7-2)28(14-18-19(25)9-8-10-20(18)26)23(30)15-29(34(5,32)33)22-12-11-16(3)13-17(22)4/h8-13,21H,6-7,14-15H2,1-5H3,(H,27,31)/t21-/m0/s1. The van der Waals surface area contributed by atoms with Gasteiger partial charge in [0, 0.05) is 28.7 Å². The molecule has 2 rings (SSSR count). The Morgan fingerprint density at radius 3 is 2.18 bits per heavy atom. The summed E-state index contributed by atoms with van der Waals surface area (Å²) in [5.41, 5.74) is 2.58. The van der Waals surface area contributed by atoms with Gasteiger partial charge in [-0.25, -0.2) is 8.42 Å². The maximum Gasteiger partial charge on any atom is 0.244 e. The van der Waals surface area contributed by atoms with Crippen molar-refractivity contribution in [2.24, 2.45) is 0 Å². The normalized spacial score (nSPS) is 12.2. The van der Waals surface area contributed by atoms with Gasteiger partial charge in [-0.1, -0.05) is 53.9 Å². The molecule has 2 amide bonds. The molecule has 0 aliphatic heterocycles. The van der Waals surface area contributed by atoms with Gasteiger partial charge in [-0.05, 0) is 51.0 Å². The van der Waals surface area contributed by atoms with Crippen molar-refractivity contribution in [3.63, 3.8) is 0 Å². The number of rotatable bonds is 10. The fourth-order valence-corrected chi connectivity index (χ4v) is 5.17. The van der Waals surface area contributed by atoms with E-state index in [1.165, 1.54) is 4.90 Å². The summed E-state index contributed by atoms with van der Waals surface area (Å²) in [6, 6.07) is 9.47. The maximum atomic E-state index is 13.6. The van der Waals surface area contributed by atoms with Gasteiger partial charge in [-0.15, -0.1) is 0 Å². The van der Waals surface area contributed by atoms with Crippen LogP contribution in [0.3, 0.4) is 0 Å². The minimum Gasteiger partial charge on any atom is -0.355 e. The van der Waals surface area contributed by atoms with Crippen LogP contribution in [0.4, 0.5) is 5.69 Å². The van der Waals surface area contributed by atoms with Crippen molar-refractivity contribution in [2.75, 3.05) is 23.7 Å². The zero-order valence-electron chi connectivity index (χ0n) is 20.1. The summed E-state index contributed by atoms with van der Waals surface area (Å²) in [5.74, 6) is -0.876. The number of carbonyl (C=O) groups is 2. The van der Waals surface area contributed by atoms with E-state index in [-0.39, 0.29) is 12.5 Å². The third-order valence-corrected chi connectivity index (χ3v) is 7.26. The summed E-state index contributed by atoms with van der Waals surface area (Å²) in [6.07, 6.45) is 1.37. The SMILES string of the molecule is CCNC(=O)[C@H](CC)N(Cc1c(Cl)cccc1Cl)C(=O)CN(c1ccc(C)cc1C)S(C)(=O)=O. The molecule has 0 aliphatic rings. The van der Waals surface area contributed by atoms with Crippen molar-refractivity contribution in [3.05, 3.63) is 63.1 Å². The minimum absolute atomic E-state index is 0.0442. The predicted octanol–water partition coefficient (Wildman–Crippen LogP) is 4.32. The molecule has 186 valence electrons. The molecule has 0 unspecified atom stereocenters. The molecule has 0 radical (unpaired) electrons. The molecule has 0 aliphatic carbocycles. The highest BCUT2D eigenvalue weighted by atomic mass is 35.5. The van der Waals surface area contributed by atoms with Crippen LogP contribution in [0.5, 0.6) is 0 Å². The first-order chi connectivity index (χ1) is 15.9. The molecule has 0 fully saturated rings. The van der Waals surface area contributed by atoms with Crippen LogP contribution >= 0.6 is 23.2 Å². The quantitative estimate of drug-likeness (QED) is 0.498. The average Bonchev–Trinajstić information content (AvgIpc) is 2.73. The second-order valence-electron chi connectivity index (χ2n) is 8.10. The van der Waals surface area contributed by atoms with Crippen LogP contribution in [0, 0.1) is 13.8 Å². The largest absolute Gasteiger partial charge is 0.355 e. The minimum atomic E-state index is -3.80. The van der Waals surface area contributed by atoms with Crippen LogP contribution in [-0.2, 0) is 26.2 Å². The number of likely N-dealkylation sites (N-methyl/N-ethyl adjacent to an activating group) is 1. The van der Waals surface area contributed by atoms with Crippen LogP contribution in [0.2, 0.25) is 10.0 Å². The Hall–Kier alpha value is -2.29. The number of hydrogen-bond acceptors (Lipinski definition) is 4. The number of benzene rings is 2. The highest BCUT2D eigenvalue weighted by Crippen LogP contribution is 2.28. The molecule has 0 aromatic heterocycles. The topological polar surface area (TPSA) is 86.8 Å². The molecule has 0 saturated carbocycles. The molecule has 0 spiro atoms. The number of carbonyl (C=O) groups excluding carboxylic acids is 2. The number of nitrogens with one attached hydrogen (secondary N) is 1. The van der Waals surface area contributed by atoms with Gasteiger partial charge in [0.25, 0.3) is 0 Å². The lowest BCUT2D eigenvalue weighted by atomic mass is 10.1. The van der Waals surface area contributed by atoms with E-state index in [1.54, 1.807) is 51.1 Å². The van der Waals surface area contributed by atoms with Crippen LogP contribution in [0.1, 0.15) is 37.0 Å². The Labute approximate surface area is 212 Å². The van der Waals surface area contributed by atoms with Gasteiger partial charge < -0.3 is 10.2 Å². The van der Waals surface area contributed by atoms with Gasteiger partial charge in [0.1, 0.15) is 12.6 Å². The zero-order valence-corrected chi connectivity index (χ0v) is 22.4. The number of hydrogen-bond donors (Lipinski definition) is 1. The molecule has 7 nitrogen and oxygen atoms in total. The van der Waals surface area contributed by atoms with E-state index in [0.29, 0.717) is 34.3 Å². The van der Waals surface area contributed by atoms with Gasteiger partial charge >= 0.3 is 0 Å². The van der Waals surface area contributed by atoms with Crippen molar-refractivity contribution in [2.45, 2.75) is 46.7 Å². The summed E-state index contributed by atoms with van der Waals surface area (Å²) in [6.45, 7) is 7.14. The Morgan fingerprint density at radius 1 is 1.06 bits per heavy atom. The van der Waals surface area contributed by atoms with Gasteiger partial charge in [0.2, 0.25) is 21.8 Å². The molecule has 10 heteroatoms. The fraction of sp³-hybridized carbons (Fsp3) is 0.417. The highest BCUT2D eigenvalue weighted by Gasteiger charge is 2.32. The molecule has 1 N–H and O–H groups in total. The lowest BCUT2D eigenvalue weighted by molar-refractivity contribution is -0.140. The van der Waals surface area contributed by atoms with E-state index < -0.39 is 28.5 Å². The second-order valence-corrected chi connectivity index (χ2v) is 10.8. The van der Waals surface area contributed by atoms with Crippen molar-refractivity contribution in [1.29, 1.82) is 0 Å². The van der Waals surface area contributed by atoms with E-state index in [4.69, 9.17) is 23.2 Å². The Kier molecular flexibility index (Phi) is 9.79. The second kappa shape index (κ2) is 11.9. The van der Waals surface area contributed by atoms with Crippen LogP contribution in [0.15, 0.2) is 36.4 Å². The molecule has 2 aromatic carbocycles. The van der Waals surface area contributed by atoms with E-state index in [9.17, 15) is 18.0 Å². The van der Waals surface area contributed by atoms with Gasteiger partial charge in [0.05, 0.1) is 11.9 Å². The molecule has 0 bridgehead atoms. The van der Waals surface area contributed by atoms with Crippen molar-refractivity contribution in [3.8, 4) is 0 Å². The predicted molar refractivity (Wildman–Crippen MR) is 138 cm³/mol. The summed E-state index contributed by atoms with van der Waals surface area (Å²) in [5, 5.41) is 3.45. The Bertz CT molecular complexity index is 1130. The maximum absolute atomic E-state index is 13.6. The smallest absolute Gasteiger partial charge is 0.244 e. The van der Waals surface area contributed by atoms with Crippen molar-refractivity contribution < 1.29 is 18.0 Å². The number of nitrogens with zero attached hydrogens (tertiary/aromatic N) is 2. The number of sulfonamides is 1. The van der Waals surface area contributed by atoms with Crippen molar-refractivity contribution >= 4 is 50.7 Å². The lowest BCUT2D eigenvalue weighted by Gasteiger charge is -2.33. The number of aryl methyl sites for hydroxylation is 2. The molecule has 34 heavy (non-hydrogen) atoms. The molecule has 2 aromatic rings. The third kappa shape index (κ3) is 6.87. The Balaban J connectivity index is 2.53. The Morgan fingerprint density at radius 2 is 1.68 bits per heavy atom. The number of halogens is 2. The van der Waals surface area contributed by atoms with Gasteiger partial charge in [-0.2, -0.15) is 0 Å².